The Labute approximate surface area is 129 Å². The van der Waals surface area contributed by atoms with Gasteiger partial charge in [-0.15, -0.1) is 0 Å². The van der Waals surface area contributed by atoms with Gasteiger partial charge in [0.15, 0.2) is 0 Å². The summed E-state index contributed by atoms with van der Waals surface area (Å²) < 4.78 is 0. The molecule has 1 aliphatic rings. The molecule has 0 amide bonds. The first kappa shape index (κ1) is 15.9. The van der Waals surface area contributed by atoms with E-state index < -0.39 is 0 Å². The Morgan fingerprint density at radius 1 is 1.10 bits per heavy atom. The molecule has 1 aromatic carbocycles. The van der Waals surface area contributed by atoms with E-state index in [0.29, 0.717) is 11.5 Å². The molecule has 0 bridgehead atoms. The normalized spacial score (nSPS) is 19.4. The van der Waals surface area contributed by atoms with Crippen LogP contribution in [0.5, 0.6) is 0 Å². The maximum absolute atomic E-state index is 5.96. The molecule has 1 aliphatic carbocycles. The lowest BCUT2D eigenvalue weighted by molar-refractivity contribution is 0.217. The van der Waals surface area contributed by atoms with E-state index in [1.807, 2.05) is 12.1 Å². The lowest BCUT2D eigenvalue weighted by Crippen LogP contribution is -2.34. The van der Waals surface area contributed by atoms with Crippen molar-refractivity contribution in [3.8, 4) is 0 Å². The lowest BCUT2D eigenvalue weighted by Gasteiger charge is -2.33. The second-order valence-corrected chi connectivity index (χ2v) is 7.40. The van der Waals surface area contributed by atoms with Gasteiger partial charge in [0, 0.05) is 17.6 Å². The molecule has 0 radical (unpaired) electrons. The average molecular weight is 294 g/mol. The Morgan fingerprint density at radius 3 is 2.25 bits per heavy atom. The molecule has 112 valence electrons. The summed E-state index contributed by atoms with van der Waals surface area (Å²) in [7, 11) is 0. The van der Waals surface area contributed by atoms with Crippen molar-refractivity contribution in [2.45, 2.75) is 58.9 Å². The van der Waals surface area contributed by atoms with Crippen LogP contribution in [-0.2, 0) is 0 Å². The van der Waals surface area contributed by atoms with Gasteiger partial charge in [0.05, 0.1) is 0 Å². The first-order valence-electron chi connectivity index (χ1n) is 8.00. The molecule has 1 N–H and O–H groups in total. The molecule has 1 nitrogen and oxygen atoms in total. The quantitative estimate of drug-likeness (QED) is 0.720. The summed E-state index contributed by atoms with van der Waals surface area (Å²) in [6.45, 7) is 8.10. The van der Waals surface area contributed by atoms with Crippen LogP contribution in [0.25, 0.3) is 0 Å². The lowest BCUT2D eigenvalue weighted by atomic mass is 9.78. The van der Waals surface area contributed by atoms with Gasteiger partial charge in [0.2, 0.25) is 0 Å². The van der Waals surface area contributed by atoms with Crippen LogP contribution in [-0.4, -0.2) is 6.54 Å². The molecule has 0 spiro atoms. The monoisotopic (exact) mass is 293 g/mol. The van der Waals surface area contributed by atoms with E-state index in [-0.39, 0.29) is 0 Å². The highest BCUT2D eigenvalue weighted by Gasteiger charge is 2.34. The van der Waals surface area contributed by atoms with E-state index in [0.717, 1.165) is 17.5 Å². The fourth-order valence-corrected chi connectivity index (χ4v) is 3.81. The van der Waals surface area contributed by atoms with Crippen LogP contribution >= 0.6 is 11.6 Å². The molecule has 1 aromatic rings. The maximum Gasteiger partial charge on any atom is 0.0406 e. The number of rotatable bonds is 6. The van der Waals surface area contributed by atoms with E-state index in [2.05, 4.69) is 38.2 Å². The Morgan fingerprint density at radius 2 is 1.70 bits per heavy atom. The van der Waals surface area contributed by atoms with Crippen LogP contribution in [0.4, 0.5) is 0 Å². The van der Waals surface area contributed by atoms with Crippen LogP contribution in [0.2, 0.25) is 5.02 Å². The van der Waals surface area contributed by atoms with Gasteiger partial charge in [0.25, 0.3) is 0 Å². The summed E-state index contributed by atoms with van der Waals surface area (Å²) in [6, 6.07) is 8.62. The number of nitrogens with one attached hydrogen (secondary N) is 1. The second-order valence-electron chi connectivity index (χ2n) is 6.96. The van der Waals surface area contributed by atoms with Crippen LogP contribution < -0.4 is 5.32 Å². The van der Waals surface area contributed by atoms with E-state index in [4.69, 9.17) is 11.6 Å². The molecule has 1 unspecified atom stereocenters. The number of benzene rings is 1. The van der Waals surface area contributed by atoms with Gasteiger partial charge in [0.1, 0.15) is 0 Å². The zero-order chi connectivity index (χ0) is 14.6. The molecular formula is C18H28ClN. The van der Waals surface area contributed by atoms with Gasteiger partial charge in [-0.2, -0.15) is 0 Å². The summed E-state index contributed by atoms with van der Waals surface area (Å²) in [5.74, 6) is 0.792. The van der Waals surface area contributed by atoms with Crippen molar-refractivity contribution in [1.29, 1.82) is 0 Å². The first-order valence-corrected chi connectivity index (χ1v) is 8.37. The molecule has 0 aromatic heterocycles. The molecule has 0 saturated heterocycles. The fourth-order valence-electron chi connectivity index (χ4n) is 3.68. The highest BCUT2D eigenvalue weighted by Crippen LogP contribution is 2.43. The Hall–Kier alpha value is -0.530. The largest absolute Gasteiger partial charge is 0.310 e. The van der Waals surface area contributed by atoms with Gasteiger partial charge >= 0.3 is 0 Å². The van der Waals surface area contributed by atoms with Crippen molar-refractivity contribution in [1.82, 2.24) is 5.32 Å². The highest BCUT2D eigenvalue weighted by atomic mass is 35.5. The van der Waals surface area contributed by atoms with Crippen molar-refractivity contribution in [2.75, 3.05) is 6.54 Å². The number of hydrogen-bond donors (Lipinski definition) is 1. The minimum absolute atomic E-state index is 0.400. The molecule has 1 saturated carbocycles. The third kappa shape index (κ3) is 4.23. The van der Waals surface area contributed by atoms with Gasteiger partial charge in [-0.3, -0.25) is 0 Å². The Kier molecular flexibility index (Phi) is 5.51. The van der Waals surface area contributed by atoms with Crippen LogP contribution in [0.15, 0.2) is 24.3 Å². The number of hydrogen-bond acceptors (Lipinski definition) is 1. The predicted octanol–water partition coefficient (Wildman–Crippen LogP) is 5.60. The van der Waals surface area contributed by atoms with Crippen molar-refractivity contribution in [3.05, 3.63) is 34.9 Å². The minimum Gasteiger partial charge on any atom is -0.310 e. The molecular weight excluding hydrogens is 266 g/mol. The van der Waals surface area contributed by atoms with Gasteiger partial charge in [-0.1, -0.05) is 50.4 Å². The third-order valence-electron chi connectivity index (χ3n) is 4.66. The molecule has 0 heterocycles. The molecule has 1 atom stereocenters. The summed E-state index contributed by atoms with van der Waals surface area (Å²) in [5.41, 5.74) is 1.86. The van der Waals surface area contributed by atoms with Gasteiger partial charge in [-0.05, 0) is 55.2 Å². The highest BCUT2D eigenvalue weighted by molar-refractivity contribution is 6.30. The average Bonchev–Trinajstić information content (AvgIpc) is 2.85. The van der Waals surface area contributed by atoms with Crippen molar-refractivity contribution in [2.24, 2.45) is 11.3 Å². The zero-order valence-electron chi connectivity index (χ0n) is 13.1. The smallest absolute Gasteiger partial charge is 0.0406 e. The van der Waals surface area contributed by atoms with E-state index >= 15 is 0 Å². The van der Waals surface area contributed by atoms with Crippen LogP contribution in [0, 0.1) is 11.3 Å². The molecule has 1 fully saturated rings. The van der Waals surface area contributed by atoms with Crippen molar-refractivity contribution < 1.29 is 0 Å². The van der Waals surface area contributed by atoms with Crippen LogP contribution in [0.3, 0.4) is 0 Å². The fraction of sp³-hybridized carbons (Fsp3) is 0.667. The van der Waals surface area contributed by atoms with Gasteiger partial charge < -0.3 is 5.32 Å². The Bertz CT molecular complexity index is 404. The summed E-state index contributed by atoms with van der Waals surface area (Å²) in [4.78, 5) is 0. The standard InChI is InChI=1S/C18H28ClN/c1-14(2)12-18(10-4-5-11-18)13-20-15(3)16-6-8-17(19)9-7-16/h6-9,14-15,20H,4-5,10-13H2,1-3H3. The van der Waals surface area contributed by atoms with Crippen molar-refractivity contribution in [3.63, 3.8) is 0 Å². The third-order valence-corrected chi connectivity index (χ3v) is 4.91. The predicted molar refractivity (Wildman–Crippen MR) is 88.2 cm³/mol. The van der Waals surface area contributed by atoms with E-state index in [1.165, 1.54) is 37.7 Å². The molecule has 2 heteroatoms. The molecule has 0 aliphatic heterocycles. The topological polar surface area (TPSA) is 12.0 Å². The maximum atomic E-state index is 5.96. The molecule has 20 heavy (non-hydrogen) atoms. The summed E-state index contributed by atoms with van der Waals surface area (Å²) in [6.07, 6.45) is 6.96. The zero-order valence-corrected chi connectivity index (χ0v) is 13.8. The van der Waals surface area contributed by atoms with E-state index in [1.54, 1.807) is 0 Å². The SMILES string of the molecule is CC(C)CC1(CNC(C)c2ccc(Cl)cc2)CCCC1. The summed E-state index contributed by atoms with van der Waals surface area (Å²) in [5, 5.41) is 4.58. The molecule has 2 rings (SSSR count). The first-order chi connectivity index (χ1) is 9.51. The van der Waals surface area contributed by atoms with E-state index in [9.17, 15) is 0 Å². The van der Waals surface area contributed by atoms with Crippen LogP contribution in [0.1, 0.15) is 64.5 Å². The Balaban J connectivity index is 1.93. The summed E-state index contributed by atoms with van der Waals surface area (Å²) >= 11 is 5.96. The van der Waals surface area contributed by atoms with Crippen molar-refractivity contribution >= 4 is 11.6 Å². The minimum atomic E-state index is 0.400. The second kappa shape index (κ2) is 6.95. The number of halogens is 1. The van der Waals surface area contributed by atoms with Gasteiger partial charge in [-0.25, -0.2) is 0 Å².